The van der Waals surface area contributed by atoms with E-state index in [2.05, 4.69) is 45.8 Å². The summed E-state index contributed by atoms with van der Waals surface area (Å²) in [6, 6.07) is 16.4. The molecule has 0 N–H and O–H groups in total. The predicted molar refractivity (Wildman–Crippen MR) is 162 cm³/mol. The molecule has 1 unspecified atom stereocenters. The van der Waals surface area contributed by atoms with Gasteiger partial charge in [-0.3, -0.25) is 4.79 Å². The van der Waals surface area contributed by atoms with Gasteiger partial charge in [-0.2, -0.15) is 0 Å². The largest absolute Gasteiger partial charge is 0.475 e. The molecule has 4 aromatic rings. The summed E-state index contributed by atoms with van der Waals surface area (Å²) in [6.45, 7) is 12.3. The lowest BCUT2D eigenvalue weighted by Crippen LogP contribution is -2.46. The summed E-state index contributed by atoms with van der Waals surface area (Å²) in [7, 11) is 2.00. The summed E-state index contributed by atoms with van der Waals surface area (Å²) < 4.78 is 23.4. The first-order valence-corrected chi connectivity index (χ1v) is 14.3. The number of rotatable bonds is 10. The van der Waals surface area contributed by atoms with Crippen LogP contribution in [0.2, 0.25) is 0 Å². The van der Waals surface area contributed by atoms with E-state index in [-0.39, 0.29) is 17.4 Å². The Kier molecular flexibility index (Phi) is 8.42. The number of fused-ring (bicyclic) bond motifs is 1. The van der Waals surface area contributed by atoms with Gasteiger partial charge >= 0.3 is 0 Å². The number of para-hydroxylation sites is 2. The van der Waals surface area contributed by atoms with Crippen molar-refractivity contribution in [3.63, 3.8) is 0 Å². The molecule has 0 aliphatic carbocycles. The van der Waals surface area contributed by atoms with Gasteiger partial charge in [-0.15, -0.1) is 0 Å². The highest BCUT2D eigenvalue weighted by molar-refractivity contribution is 5.79. The fraction of sp³-hybridized carbons (Fsp3) is 0.406. The number of aromatic nitrogens is 4. The monoisotopic (exact) mass is 558 g/mol. The second-order valence-electron chi connectivity index (χ2n) is 11.2. The smallest absolute Gasteiger partial charge is 0.257 e. The molecule has 0 saturated carbocycles. The third kappa shape index (κ3) is 6.29. The number of imidazole rings is 1. The maximum Gasteiger partial charge on any atom is 0.257 e. The van der Waals surface area contributed by atoms with Gasteiger partial charge in [0.05, 0.1) is 23.3 Å². The minimum Gasteiger partial charge on any atom is -0.475 e. The molecule has 41 heavy (non-hydrogen) atoms. The minimum absolute atomic E-state index is 0.154. The minimum atomic E-state index is -0.522. The number of allylic oxidation sites excluding steroid dienone is 1. The number of anilines is 2. The molecule has 5 rings (SSSR count). The Labute approximate surface area is 240 Å². The van der Waals surface area contributed by atoms with Gasteiger partial charge in [0, 0.05) is 44.9 Å². The van der Waals surface area contributed by atoms with E-state index in [4.69, 9.17) is 9.72 Å². The van der Waals surface area contributed by atoms with Crippen molar-refractivity contribution >= 4 is 22.9 Å². The third-order valence-electron chi connectivity index (χ3n) is 7.70. The van der Waals surface area contributed by atoms with Gasteiger partial charge in [-0.1, -0.05) is 44.7 Å². The lowest BCUT2D eigenvalue weighted by Gasteiger charge is -2.38. The van der Waals surface area contributed by atoms with E-state index in [0.717, 1.165) is 54.9 Å². The fourth-order valence-corrected chi connectivity index (χ4v) is 5.66. The lowest BCUT2D eigenvalue weighted by atomic mass is 10.0. The summed E-state index contributed by atoms with van der Waals surface area (Å²) in [4.78, 5) is 27.0. The van der Waals surface area contributed by atoms with Crippen LogP contribution in [-0.4, -0.2) is 45.3 Å². The number of hydrogen-bond acceptors (Lipinski definition) is 6. The zero-order chi connectivity index (χ0) is 29.1. The Balaban J connectivity index is 1.34. The Morgan fingerprint density at radius 3 is 2.51 bits per heavy atom. The van der Waals surface area contributed by atoms with Gasteiger partial charge in [0.1, 0.15) is 5.82 Å². The Morgan fingerprint density at radius 1 is 1.10 bits per heavy atom. The molecule has 216 valence electrons. The van der Waals surface area contributed by atoms with E-state index in [1.807, 2.05) is 44.3 Å². The van der Waals surface area contributed by atoms with Crippen LogP contribution in [0.3, 0.4) is 0 Å². The highest BCUT2D eigenvalue weighted by Gasteiger charge is 2.29. The number of ether oxygens (including phenoxy) is 1. The quantitative estimate of drug-likeness (QED) is 0.223. The van der Waals surface area contributed by atoms with Crippen molar-refractivity contribution in [3.8, 4) is 0 Å². The average molecular weight is 559 g/mol. The highest BCUT2D eigenvalue weighted by atomic mass is 19.1. The molecule has 0 spiro atoms. The molecule has 9 heteroatoms. The molecule has 0 radical (unpaired) electrons. The van der Waals surface area contributed by atoms with Crippen LogP contribution in [0.5, 0.6) is 0 Å². The maximum absolute atomic E-state index is 13.5. The number of halogens is 1. The first kappa shape index (κ1) is 28.4. The van der Waals surface area contributed by atoms with E-state index in [0.29, 0.717) is 24.2 Å². The number of nitrogens with zero attached hydrogens (tertiary/aromatic N) is 6. The Bertz CT molecular complexity index is 1550. The summed E-state index contributed by atoms with van der Waals surface area (Å²) in [5.74, 6) is 2.34. The van der Waals surface area contributed by atoms with Crippen LogP contribution in [-0.2, 0) is 11.3 Å². The fourth-order valence-electron chi connectivity index (χ4n) is 5.66. The number of piperidine rings is 1. The molecular weight excluding hydrogens is 519 g/mol. The molecular formula is C32H39FN6O2. The van der Waals surface area contributed by atoms with Crippen LogP contribution >= 0.6 is 0 Å². The van der Waals surface area contributed by atoms with Crippen LogP contribution in [0.4, 0.5) is 16.3 Å². The van der Waals surface area contributed by atoms with Gasteiger partial charge in [0.15, 0.2) is 6.23 Å². The highest BCUT2D eigenvalue weighted by Crippen LogP contribution is 2.29. The van der Waals surface area contributed by atoms with E-state index < -0.39 is 6.23 Å². The van der Waals surface area contributed by atoms with E-state index >= 15 is 0 Å². The van der Waals surface area contributed by atoms with Crippen molar-refractivity contribution in [2.45, 2.75) is 58.8 Å². The SMILES string of the molecule is C=C(CC(C)C)OC(C)n1c(N(C)C2CCN(c3nc4ccccc4n3Cc3ccc(F)cc3)CC2)nccc1=O. The predicted octanol–water partition coefficient (Wildman–Crippen LogP) is 5.98. The molecule has 2 aromatic carbocycles. The molecule has 0 bridgehead atoms. The molecule has 1 fully saturated rings. The zero-order valence-electron chi connectivity index (χ0n) is 24.3. The third-order valence-corrected chi connectivity index (χ3v) is 7.70. The van der Waals surface area contributed by atoms with Crippen LogP contribution in [0.15, 0.2) is 77.9 Å². The number of benzene rings is 2. The van der Waals surface area contributed by atoms with Gasteiger partial charge < -0.3 is 19.1 Å². The van der Waals surface area contributed by atoms with Gasteiger partial charge in [-0.25, -0.2) is 18.9 Å². The Morgan fingerprint density at radius 2 is 1.80 bits per heavy atom. The topological polar surface area (TPSA) is 68.4 Å². The normalized spacial score (nSPS) is 14.9. The maximum atomic E-state index is 13.5. The summed E-state index contributed by atoms with van der Waals surface area (Å²) in [5.41, 5.74) is 2.86. The van der Waals surface area contributed by atoms with Crippen molar-refractivity contribution in [3.05, 3.63) is 94.9 Å². The standard InChI is InChI=1S/C32H39FN6O2/c1-22(2)20-23(3)41-24(4)39-30(40)14-17-34-31(39)36(5)27-15-18-37(19-16-27)32-35-28-8-6-7-9-29(28)38(32)21-25-10-12-26(33)13-11-25/h6-14,17,22,24,27H,3,15-16,18-21H2,1-2,4-5H3. The molecule has 3 heterocycles. The van der Waals surface area contributed by atoms with Gasteiger partial charge in [0.2, 0.25) is 11.9 Å². The molecule has 1 aliphatic heterocycles. The molecule has 0 amide bonds. The van der Waals surface area contributed by atoms with Crippen LogP contribution in [0.1, 0.15) is 51.8 Å². The summed E-state index contributed by atoms with van der Waals surface area (Å²) in [5, 5.41) is 0. The summed E-state index contributed by atoms with van der Waals surface area (Å²) in [6.07, 6.45) is 3.51. The van der Waals surface area contributed by atoms with E-state index in [1.165, 1.54) is 18.2 Å². The van der Waals surface area contributed by atoms with Crippen LogP contribution < -0.4 is 15.4 Å². The van der Waals surface area contributed by atoms with Gasteiger partial charge in [0.25, 0.3) is 5.56 Å². The second kappa shape index (κ2) is 12.2. The van der Waals surface area contributed by atoms with Crippen molar-refractivity contribution in [2.24, 2.45) is 5.92 Å². The molecule has 1 aliphatic rings. The molecule has 2 aromatic heterocycles. The Hall–Kier alpha value is -4.14. The van der Waals surface area contributed by atoms with Gasteiger partial charge in [-0.05, 0) is 55.5 Å². The first-order chi connectivity index (χ1) is 19.7. The molecule has 1 atom stereocenters. The average Bonchev–Trinajstić information content (AvgIpc) is 3.31. The van der Waals surface area contributed by atoms with Crippen LogP contribution in [0, 0.1) is 11.7 Å². The van der Waals surface area contributed by atoms with E-state index in [9.17, 15) is 9.18 Å². The molecule has 1 saturated heterocycles. The first-order valence-electron chi connectivity index (χ1n) is 14.3. The van der Waals surface area contributed by atoms with E-state index in [1.54, 1.807) is 10.8 Å². The lowest BCUT2D eigenvalue weighted by molar-refractivity contribution is 0.0622. The number of hydrogen-bond donors (Lipinski definition) is 0. The van der Waals surface area contributed by atoms with Crippen molar-refractivity contribution < 1.29 is 9.13 Å². The van der Waals surface area contributed by atoms with Crippen LogP contribution in [0.25, 0.3) is 11.0 Å². The van der Waals surface area contributed by atoms with Crippen molar-refractivity contribution in [2.75, 3.05) is 29.9 Å². The van der Waals surface area contributed by atoms with Crippen molar-refractivity contribution in [1.82, 2.24) is 19.1 Å². The second-order valence-corrected chi connectivity index (χ2v) is 11.2. The zero-order valence-corrected chi connectivity index (χ0v) is 24.3. The van der Waals surface area contributed by atoms with Crippen molar-refractivity contribution in [1.29, 1.82) is 0 Å². The summed E-state index contributed by atoms with van der Waals surface area (Å²) >= 11 is 0. The molecule has 8 nitrogen and oxygen atoms in total.